The van der Waals surface area contributed by atoms with Crippen LogP contribution in [0.15, 0.2) is 55.2 Å². The van der Waals surface area contributed by atoms with Gasteiger partial charge in [-0.3, -0.25) is 14.6 Å². The molecule has 9 nitrogen and oxygen atoms in total. The standard InChI is InChI=1S/C22H24ClN7O2.3ClH/c23-16-6-7-19(30-14-25-13-28-30)15(10-16)12-27-21(31)20-5-3-9-29(20)22(32)18(24)11-17-4-1-2-8-26-17;;;/h1-2,4,6-8,10,13-14,18,20H,3,5,9,11-12,24H2,(H,27,31);3*1H/t18-,20+;;;/m1.../s1. The number of halogens is 4. The molecule has 1 aliphatic heterocycles. The maximum Gasteiger partial charge on any atom is 0.243 e. The highest BCUT2D eigenvalue weighted by atomic mass is 35.5. The molecule has 35 heavy (non-hydrogen) atoms. The Bertz CT molecular complexity index is 1090. The van der Waals surface area contributed by atoms with Gasteiger partial charge in [0.15, 0.2) is 0 Å². The van der Waals surface area contributed by atoms with Gasteiger partial charge in [0, 0.05) is 36.4 Å². The molecule has 0 aliphatic carbocycles. The van der Waals surface area contributed by atoms with Gasteiger partial charge < -0.3 is 16.0 Å². The number of hydrogen-bond acceptors (Lipinski definition) is 6. The van der Waals surface area contributed by atoms with Gasteiger partial charge >= 0.3 is 0 Å². The molecule has 0 bridgehead atoms. The first-order chi connectivity index (χ1) is 15.5. The van der Waals surface area contributed by atoms with E-state index in [1.165, 1.54) is 6.33 Å². The van der Waals surface area contributed by atoms with Crippen molar-refractivity contribution < 1.29 is 9.59 Å². The molecule has 3 N–H and O–H groups in total. The van der Waals surface area contributed by atoms with Gasteiger partial charge in [0.2, 0.25) is 11.8 Å². The Hall–Kier alpha value is -2.43. The first kappa shape index (κ1) is 30.6. The first-order valence-electron chi connectivity index (χ1n) is 10.4. The van der Waals surface area contributed by atoms with E-state index in [-0.39, 0.29) is 55.6 Å². The molecule has 1 aromatic carbocycles. The van der Waals surface area contributed by atoms with E-state index in [1.807, 2.05) is 24.3 Å². The van der Waals surface area contributed by atoms with Gasteiger partial charge in [0.1, 0.15) is 18.7 Å². The third-order valence-corrected chi connectivity index (χ3v) is 5.71. The average molecular weight is 563 g/mol. The van der Waals surface area contributed by atoms with Crippen LogP contribution in [-0.4, -0.2) is 55.1 Å². The van der Waals surface area contributed by atoms with E-state index in [0.29, 0.717) is 24.4 Å². The average Bonchev–Trinajstić information content (AvgIpc) is 3.50. The van der Waals surface area contributed by atoms with E-state index in [2.05, 4.69) is 20.4 Å². The minimum atomic E-state index is -0.745. The van der Waals surface area contributed by atoms with Crippen molar-refractivity contribution in [3.63, 3.8) is 0 Å². The van der Waals surface area contributed by atoms with Crippen molar-refractivity contribution in [3.8, 4) is 5.69 Å². The Balaban J connectivity index is 0.00000204. The predicted molar refractivity (Wildman–Crippen MR) is 141 cm³/mol. The van der Waals surface area contributed by atoms with E-state index in [9.17, 15) is 9.59 Å². The molecule has 2 amide bonds. The molecule has 4 rings (SSSR count). The lowest BCUT2D eigenvalue weighted by Gasteiger charge is -2.26. The highest BCUT2D eigenvalue weighted by Crippen LogP contribution is 2.21. The van der Waals surface area contributed by atoms with Gasteiger partial charge in [-0.25, -0.2) is 9.67 Å². The minimum absolute atomic E-state index is 0. The topological polar surface area (TPSA) is 119 Å². The molecule has 190 valence electrons. The van der Waals surface area contributed by atoms with E-state index in [4.69, 9.17) is 17.3 Å². The zero-order valence-corrected chi connectivity index (χ0v) is 21.8. The number of amides is 2. The van der Waals surface area contributed by atoms with Crippen LogP contribution in [0.25, 0.3) is 5.69 Å². The van der Waals surface area contributed by atoms with Crippen LogP contribution >= 0.6 is 48.8 Å². The molecule has 1 aliphatic rings. The van der Waals surface area contributed by atoms with Crippen molar-refractivity contribution in [2.75, 3.05) is 6.54 Å². The molecule has 3 heterocycles. The number of aromatic nitrogens is 4. The molecule has 3 aromatic rings. The van der Waals surface area contributed by atoms with E-state index in [1.54, 1.807) is 34.2 Å². The third-order valence-electron chi connectivity index (χ3n) is 5.47. The molecule has 2 atom stereocenters. The van der Waals surface area contributed by atoms with Gasteiger partial charge in [-0.2, -0.15) is 5.10 Å². The number of hydrogen-bond donors (Lipinski definition) is 2. The Morgan fingerprint density at radius 2 is 2.00 bits per heavy atom. The summed E-state index contributed by atoms with van der Waals surface area (Å²) in [6, 6.07) is 9.56. The van der Waals surface area contributed by atoms with Crippen LogP contribution in [0.1, 0.15) is 24.1 Å². The first-order valence-corrected chi connectivity index (χ1v) is 10.8. The highest BCUT2D eigenvalue weighted by Gasteiger charge is 2.36. The largest absolute Gasteiger partial charge is 0.350 e. The van der Waals surface area contributed by atoms with Crippen LogP contribution in [0.3, 0.4) is 0 Å². The lowest BCUT2D eigenvalue weighted by atomic mass is 10.1. The van der Waals surface area contributed by atoms with E-state index in [0.717, 1.165) is 23.4 Å². The van der Waals surface area contributed by atoms with Gasteiger partial charge in [-0.05, 0) is 48.7 Å². The second-order valence-electron chi connectivity index (χ2n) is 7.65. The fourth-order valence-corrected chi connectivity index (χ4v) is 4.09. The summed E-state index contributed by atoms with van der Waals surface area (Å²) < 4.78 is 1.61. The van der Waals surface area contributed by atoms with Crippen molar-refractivity contribution in [1.29, 1.82) is 0 Å². The summed E-state index contributed by atoms with van der Waals surface area (Å²) in [5, 5.41) is 7.64. The van der Waals surface area contributed by atoms with Gasteiger partial charge in [-0.15, -0.1) is 37.2 Å². The zero-order chi connectivity index (χ0) is 22.5. The maximum atomic E-state index is 13.0. The Kier molecular flexibility index (Phi) is 12.4. The van der Waals surface area contributed by atoms with Gasteiger partial charge in [0.05, 0.1) is 11.7 Å². The number of benzene rings is 1. The van der Waals surface area contributed by atoms with Crippen molar-refractivity contribution in [2.45, 2.75) is 37.9 Å². The number of carbonyl (C=O) groups excluding carboxylic acids is 2. The van der Waals surface area contributed by atoms with Crippen molar-refractivity contribution in [3.05, 3.63) is 71.5 Å². The second kappa shape index (κ2) is 14.2. The van der Waals surface area contributed by atoms with Crippen LogP contribution in [0.4, 0.5) is 0 Å². The number of nitrogens with zero attached hydrogens (tertiary/aromatic N) is 5. The molecule has 0 unspecified atom stereocenters. The predicted octanol–water partition coefficient (Wildman–Crippen LogP) is 2.76. The summed E-state index contributed by atoms with van der Waals surface area (Å²) in [5.41, 5.74) is 8.46. The monoisotopic (exact) mass is 561 g/mol. The molecule has 13 heteroatoms. The lowest BCUT2D eigenvalue weighted by molar-refractivity contribution is -0.139. The molecule has 0 saturated carbocycles. The van der Waals surface area contributed by atoms with Crippen molar-refractivity contribution in [2.24, 2.45) is 5.73 Å². The molecule has 0 radical (unpaired) electrons. The quantitative estimate of drug-likeness (QED) is 0.457. The summed E-state index contributed by atoms with van der Waals surface area (Å²) in [4.78, 5) is 35.7. The highest BCUT2D eigenvalue weighted by molar-refractivity contribution is 6.30. The van der Waals surface area contributed by atoms with Gasteiger partial charge in [0.25, 0.3) is 0 Å². The molecular formula is C22H27Cl4N7O2. The summed E-state index contributed by atoms with van der Waals surface area (Å²) in [6.07, 6.45) is 6.36. The van der Waals surface area contributed by atoms with Crippen molar-refractivity contribution >= 4 is 60.6 Å². The zero-order valence-electron chi connectivity index (χ0n) is 18.6. The van der Waals surface area contributed by atoms with Crippen molar-refractivity contribution in [1.82, 2.24) is 30.0 Å². The van der Waals surface area contributed by atoms with Crippen LogP contribution in [0.5, 0.6) is 0 Å². The molecule has 1 fully saturated rings. The summed E-state index contributed by atoms with van der Waals surface area (Å²) in [6.45, 7) is 0.751. The third kappa shape index (κ3) is 7.52. The molecule has 0 spiro atoms. The SMILES string of the molecule is Cl.Cl.Cl.N[C@H](Cc1ccccn1)C(=O)N1CCC[C@H]1C(=O)NCc1cc(Cl)ccc1-n1cncn1. The Morgan fingerprint density at radius 1 is 1.20 bits per heavy atom. The Labute approximate surface area is 227 Å². The van der Waals surface area contributed by atoms with Gasteiger partial charge in [-0.1, -0.05) is 17.7 Å². The van der Waals surface area contributed by atoms with E-state index < -0.39 is 12.1 Å². The Morgan fingerprint density at radius 3 is 2.69 bits per heavy atom. The molecule has 1 saturated heterocycles. The number of likely N-dealkylation sites (tertiary alicyclic amines) is 1. The van der Waals surface area contributed by atoms with Crippen LogP contribution in [-0.2, 0) is 22.6 Å². The smallest absolute Gasteiger partial charge is 0.243 e. The van der Waals surface area contributed by atoms with Crippen LogP contribution in [0.2, 0.25) is 5.02 Å². The van der Waals surface area contributed by atoms with Crippen LogP contribution < -0.4 is 11.1 Å². The fourth-order valence-electron chi connectivity index (χ4n) is 3.90. The number of rotatable bonds is 7. The fraction of sp³-hybridized carbons (Fsp3) is 0.318. The minimum Gasteiger partial charge on any atom is -0.350 e. The number of pyridine rings is 1. The molecular weight excluding hydrogens is 536 g/mol. The van der Waals surface area contributed by atoms with Crippen LogP contribution in [0, 0.1) is 0 Å². The molecule has 2 aromatic heterocycles. The van der Waals surface area contributed by atoms with E-state index >= 15 is 0 Å². The maximum absolute atomic E-state index is 13.0. The summed E-state index contributed by atoms with van der Waals surface area (Å²) in [5.74, 6) is -0.454. The normalized spacial score (nSPS) is 15.3. The second-order valence-corrected chi connectivity index (χ2v) is 8.09. The number of nitrogens with two attached hydrogens (primary N) is 1. The summed E-state index contributed by atoms with van der Waals surface area (Å²) >= 11 is 6.16. The number of nitrogens with one attached hydrogen (secondary N) is 1. The number of carbonyl (C=O) groups is 2. The lowest BCUT2D eigenvalue weighted by Crippen LogP contribution is -2.51. The summed E-state index contributed by atoms with van der Waals surface area (Å²) in [7, 11) is 0.